The number of nitrogens with zero attached hydrogens (tertiary/aromatic N) is 2. The number of thiazole rings is 1. The number of carbonyl (C=O) groups is 1. The summed E-state index contributed by atoms with van der Waals surface area (Å²) in [5, 5.41) is 17.1. The lowest BCUT2D eigenvalue weighted by Crippen LogP contribution is -2.13. The number of rotatable bonds is 6. The Morgan fingerprint density at radius 1 is 1.23 bits per heavy atom. The van der Waals surface area contributed by atoms with Crippen molar-refractivity contribution in [2.75, 3.05) is 19.5 Å². The van der Waals surface area contributed by atoms with E-state index in [2.05, 4.69) is 10.3 Å². The molecule has 0 spiro atoms. The summed E-state index contributed by atoms with van der Waals surface area (Å²) < 4.78 is 10.5. The van der Waals surface area contributed by atoms with Crippen molar-refractivity contribution in [1.82, 2.24) is 4.98 Å². The normalized spacial score (nSPS) is 10.4. The molecule has 3 rings (SSSR count). The van der Waals surface area contributed by atoms with E-state index in [-0.39, 0.29) is 11.6 Å². The lowest BCUT2D eigenvalue weighted by molar-refractivity contribution is -0.384. The number of methoxy groups -OCH3 is 2. The van der Waals surface area contributed by atoms with E-state index in [0.29, 0.717) is 32.8 Å². The molecule has 0 atom stereocenters. The zero-order valence-corrected chi connectivity index (χ0v) is 15.3. The van der Waals surface area contributed by atoms with Crippen LogP contribution >= 0.6 is 22.7 Å². The minimum absolute atomic E-state index is 0.0182. The van der Waals surface area contributed by atoms with Gasteiger partial charge in [0, 0.05) is 11.4 Å². The minimum Gasteiger partial charge on any atom is -0.493 e. The summed E-state index contributed by atoms with van der Waals surface area (Å²) in [5.74, 6) is 0.392. The zero-order valence-electron chi connectivity index (χ0n) is 13.7. The Hall–Kier alpha value is -2.98. The standard InChI is InChI=1S/C16H13N3O5S2/c1-23-12-5-3-4-10(14(12)24-2)15(20)18-16-17-11(8-26-16)13-6-9(7-25-13)19(21)22/h3-8H,1-2H3,(H,17,18,20). The summed E-state index contributed by atoms with van der Waals surface area (Å²) in [5.41, 5.74) is 0.904. The molecule has 10 heteroatoms. The molecule has 1 N–H and O–H groups in total. The van der Waals surface area contributed by atoms with Gasteiger partial charge in [-0.05, 0) is 12.1 Å². The predicted molar refractivity (Wildman–Crippen MR) is 99.6 cm³/mol. The molecule has 0 aliphatic carbocycles. The number of para-hydroxylation sites is 1. The molecule has 0 aliphatic rings. The third-order valence-electron chi connectivity index (χ3n) is 3.42. The quantitative estimate of drug-likeness (QED) is 0.502. The highest BCUT2D eigenvalue weighted by atomic mass is 32.1. The molecule has 0 saturated heterocycles. The van der Waals surface area contributed by atoms with Gasteiger partial charge in [0.15, 0.2) is 16.6 Å². The first kappa shape index (κ1) is 17.8. The second-order valence-corrected chi connectivity index (χ2v) is 6.73. The van der Waals surface area contributed by atoms with Crippen LogP contribution in [0.2, 0.25) is 0 Å². The molecule has 0 fully saturated rings. The van der Waals surface area contributed by atoms with E-state index in [1.807, 2.05) is 0 Å². The largest absolute Gasteiger partial charge is 0.493 e. The Balaban J connectivity index is 1.81. The van der Waals surface area contributed by atoms with Gasteiger partial charge in [0.2, 0.25) is 0 Å². The second-order valence-electron chi connectivity index (χ2n) is 4.96. The monoisotopic (exact) mass is 391 g/mol. The highest BCUT2D eigenvalue weighted by Gasteiger charge is 2.18. The maximum atomic E-state index is 12.5. The number of amides is 1. The summed E-state index contributed by atoms with van der Waals surface area (Å²) in [6.45, 7) is 0. The number of anilines is 1. The number of hydrogen-bond acceptors (Lipinski definition) is 8. The van der Waals surface area contributed by atoms with Crippen LogP contribution in [0.3, 0.4) is 0 Å². The number of thiophene rings is 1. The van der Waals surface area contributed by atoms with Crippen molar-refractivity contribution in [2.24, 2.45) is 0 Å². The number of ether oxygens (including phenoxy) is 2. The summed E-state index contributed by atoms with van der Waals surface area (Å²) >= 11 is 2.45. The van der Waals surface area contributed by atoms with Gasteiger partial charge in [-0.25, -0.2) is 4.98 Å². The average Bonchev–Trinajstić information content (AvgIpc) is 3.30. The first-order valence-electron chi connectivity index (χ1n) is 7.24. The Morgan fingerprint density at radius 3 is 2.69 bits per heavy atom. The molecule has 3 aromatic rings. The van der Waals surface area contributed by atoms with Crippen LogP contribution in [0.5, 0.6) is 11.5 Å². The Bertz CT molecular complexity index is 966. The molecular weight excluding hydrogens is 378 g/mol. The molecular formula is C16H13N3O5S2. The molecule has 0 unspecified atom stereocenters. The molecule has 2 heterocycles. The first-order valence-corrected chi connectivity index (χ1v) is 9.00. The third-order valence-corrected chi connectivity index (χ3v) is 5.12. The highest BCUT2D eigenvalue weighted by molar-refractivity contribution is 7.16. The molecule has 1 aromatic carbocycles. The molecule has 8 nitrogen and oxygen atoms in total. The van der Waals surface area contributed by atoms with Gasteiger partial charge in [0.25, 0.3) is 11.6 Å². The van der Waals surface area contributed by atoms with Crippen LogP contribution in [-0.2, 0) is 0 Å². The first-order chi connectivity index (χ1) is 12.5. The molecule has 2 aromatic heterocycles. The van der Waals surface area contributed by atoms with Gasteiger partial charge in [-0.1, -0.05) is 6.07 Å². The minimum atomic E-state index is -0.454. The van der Waals surface area contributed by atoms with Crippen molar-refractivity contribution in [2.45, 2.75) is 0 Å². The van der Waals surface area contributed by atoms with Gasteiger partial charge in [0.05, 0.1) is 40.7 Å². The van der Waals surface area contributed by atoms with Crippen molar-refractivity contribution >= 4 is 39.4 Å². The molecule has 0 saturated carbocycles. The van der Waals surface area contributed by atoms with Crippen LogP contribution in [0.1, 0.15) is 10.4 Å². The van der Waals surface area contributed by atoms with Gasteiger partial charge < -0.3 is 9.47 Å². The van der Waals surface area contributed by atoms with Crippen LogP contribution in [0.15, 0.2) is 35.0 Å². The number of aromatic nitrogens is 1. The lowest BCUT2D eigenvalue weighted by atomic mass is 10.1. The maximum absolute atomic E-state index is 12.5. The van der Waals surface area contributed by atoms with Crippen molar-refractivity contribution in [3.8, 4) is 22.1 Å². The maximum Gasteiger partial charge on any atom is 0.280 e. The van der Waals surface area contributed by atoms with Crippen molar-refractivity contribution in [3.05, 3.63) is 50.7 Å². The Morgan fingerprint density at radius 2 is 2.04 bits per heavy atom. The topological polar surface area (TPSA) is 104 Å². The summed E-state index contributed by atoms with van der Waals surface area (Å²) in [6, 6.07) is 6.46. The Kier molecular flexibility index (Phi) is 5.14. The smallest absolute Gasteiger partial charge is 0.280 e. The fraction of sp³-hybridized carbons (Fsp3) is 0.125. The van der Waals surface area contributed by atoms with Crippen LogP contribution < -0.4 is 14.8 Å². The molecule has 0 bridgehead atoms. The number of nitrogens with one attached hydrogen (secondary N) is 1. The van der Waals surface area contributed by atoms with Crippen LogP contribution in [0.4, 0.5) is 10.8 Å². The van der Waals surface area contributed by atoms with Crippen molar-refractivity contribution in [3.63, 3.8) is 0 Å². The number of carbonyl (C=O) groups excluding carboxylic acids is 1. The molecule has 0 aliphatic heterocycles. The van der Waals surface area contributed by atoms with Gasteiger partial charge in [0.1, 0.15) is 0 Å². The van der Waals surface area contributed by atoms with Crippen LogP contribution in [0, 0.1) is 10.1 Å². The number of hydrogen-bond donors (Lipinski definition) is 1. The fourth-order valence-corrected chi connectivity index (χ4v) is 3.83. The van der Waals surface area contributed by atoms with E-state index in [9.17, 15) is 14.9 Å². The van der Waals surface area contributed by atoms with Crippen LogP contribution in [-0.4, -0.2) is 30.0 Å². The van der Waals surface area contributed by atoms with Gasteiger partial charge >= 0.3 is 0 Å². The summed E-state index contributed by atoms with van der Waals surface area (Å²) in [7, 11) is 2.95. The second kappa shape index (κ2) is 7.50. The highest BCUT2D eigenvalue weighted by Crippen LogP contribution is 2.34. The fourth-order valence-electron chi connectivity index (χ4n) is 2.23. The van der Waals surface area contributed by atoms with Gasteiger partial charge in [-0.15, -0.1) is 22.7 Å². The lowest BCUT2D eigenvalue weighted by Gasteiger charge is -2.11. The van der Waals surface area contributed by atoms with E-state index < -0.39 is 4.92 Å². The number of benzene rings is 1. The average molecular weight is 391 g/mol. The third kappa shape index (κ3) is 3.51. The van der Waals surface area contributed by atoms with Crippen molar-refractivity contribution < 1.29 is 19.2 Å². The van der Waals surface area contributed by atoms with Gasteiger partial charge in [-0.2, -0.15) is 0 Å². The van der Waals surface area contributed by atoms with E-state index >= 15 is 0 Å². The summed E-state index contributed by atoms with van der Waals surface area (Å²) in [6.07, 6.45) is 0. The SMILES string of the molecule is COc1cccc(C(=O)Nc2nc(-c3cc([N+](=O)[O-])cs3)cs2)c1OC. The van der Waals surface area contributed by atoms with E-state index in [1.54, 1.807) is 23.6 Å². The number of nitro groups is 1. The van der Waals surface area contributed by atoms with E-state index in [4.69, 9.17) is 9.47 Å². The van der Waals surface area contributed by atoms with Crippen molar-refractivity contribution in [1.29, 1.82) is 0 Å². The Labute approximate surface area is 156 Å². The van der Waals surface area contributed by atoms with Gasteiger partial charge in [-0.3, -0.25) is 20.2 Å². The summed E-state index contributed by atoms with van der Waals surface area (Å²) in [4.78, 5) is 27.8. The predicted octanol–water partition coefficient (Wildman–Crippen LogP) is 4.05. The molecule has 26 heavy (non-hydrogen) atoms. The zero-order chi connectivity index (χ0) is 18.7. The van der Waals surface area contributed by atoms with E-state index in [1.165, 1.54) is 48.3 Å². The molecule has 0 radical (unpaired) electrons. The molecule has 1 amide bonds. The van der Waals surface area contributed by atoms with E-state index in [0.717, 1.165) is 0 Å². The van der Waals surface area contributed by atoms with Crippen LogP contribution in [0.25, 0.3) is 10.6 Å². The molecule has 134 valence electrons.